The summed E-state index contributed by atoms with van der Waals surface area (Å²) in [5.41, 5.74) is 5.23. The second-order valence-corrected chi connectivity index (χ2v) is 4.70. The molecule has 0 aliphatic rings. The Balaban J connectivity index is 3.04. The number of nitrogens with zero attached hydrogens (tertiary/aromatic N) is 1. The van der Waals surface area contributed by atoms with Crippen LogP contribution in [0.4, 0.5) is 0 Å². The lowest BCUT2D eigenvalue weighted by Crippen LogP contribution is -2.13. The van der Waals surface area contributed by atoms with Gasteiger partial charge in [-0.1, -0.05) is 0 Å². The Kier molecular flexibility index (Phi) is 3.43. The normalized spacial score (nSPS) is 11.3. The molecular weight excluding hydrogens is 204 g/mol. The molecule has 14 heavy (non-hydrogen) atoms. The molecule has 0 bridgehead atoms. The lowest BCUT2D eigenvalue weighted by molar-refractivity contribution is 0.306. The fourth-order valence-electron chi connectivity index (χ4n) is 0.922. The number of aromatic nitrogens is 1. The highest BCUT2D eigenvalue weighted by molar-refractivity contribution is 7.90. The van der Waals surface area contributed by atoms with Gasteiger partial charge in [0.05, 0.1) is 0 Å². The van der Waals surface area contributed by atoms with E-state index in [2.05, 4.69) is 4.98 Å². The van der Waals surface area contributed by atoms with E-state index in [1.54, 1.807) is 6.07 Å². The van der Waals surface area contributed by atoms with Crippen LogP contribution in [0.1, 0.15) is 0 Å². The Hall–Kier alpha value is -1.14. The summed E-state index contributed by atoms with van der Waals surface area (Å²) in [6, 6.07) is 3.00. The minimum Gasteiger partial charge on any atom is -0.475 e. The topological polar surface area (TPSA) is 82.3 Å². The maximum atomic E-state index is 11.3. The summed E-state index contributed by atoms with van der Waals surface area (Å²) in [5, 5.41) is 0. The van der Waals surface area contributed by atoms with Crippen molar-refractivity contribution in [2.75, 3.05) is 19.4 Å². The molecule has 0 aromatic carbocycles. The quantitative estimate of drug-likeness (QED) is 0.755. The van der Waals surface area contributed by atoms with E-state index in [9.17, 15) is 8.42 Å². The van der Waals surface area contributed by atoms with Crippen molar-refractivity contribution in [1.82, 2.24) is 4.98 Å². The Morgan fingerprint density at radius 3 is 2.86 bits per heavy atom. The first-order valence-corrected chi connectivity index (χ1v) is 5.93. The molecule has 5 nitrogen and oxygen atoms in total. The van der Waals surface area contributed by atoms with Gasteiger partial charge in [0.15, 0.2) is 9.84 Å². The average Bonchev–Trinajstić information content (AvgIpc) is 2.14. The van der Waals surface area contributed by atoms with Crippen molar-refractivity contribution in [3.05, 3.63) is 18.3 Å². The molecule has 0 atom stereocenters. The third-order valence-electron chi connectivity index (χ3n) is 1.49. The van der Waals surface area contributed by atoms with Crippen LogP contribution in [-0.2, 0) is 9.84 Å². The molecule has 1 aromatic heterocycles. The van der Waals surface area contributed by atoms with E-state index in [1.165, 1.54) is 12.3 Å². The van der Waals surface area contributed by atoms with E-state index in [-0.39, 0.29) is 17.4 Å². The largest absolute Gasteiger partial charge is 0.475 e. The highest BCUT2D eigenvalue weighted by Crippen LogP contribution is 2.19. The standard InChI is InChI=1S/C8H12N2O3S/c1-14(11,12)7-3-2-5-10-8(7)13-6-4-9/h2-3,5H,4,6,9H2,1H3. The van der Waals surface area contributed by atoms with E-state index in [0.29, 0.717) is 6.54 Å². The van der Waals surface area contributed by atoms with E-state index in [1.807, 2.05) is 0 Å². The monoisotopic (exact) mass is 216 g/mol. The van der Waals surface area contributed by atoms with Crippen molar-refractivity contribution in [3.8, 4) is 5.88 Å². The maximum Gasteiger partial charge on any atom is 0.232 e. The second-order valence-electron chi connectivity index (χ2n) is 2.72. The second kappa shape index (κ2) is 4.39. The first-order chi connectivity index (χ1) is 6.55. The summed E-state index contributed by atoms with van der Waals surface area (Å²) in [6.07, 6.45) is 2.58. The van der Waals surface area contributed by atoms with Gasteiger partial charge in [0.25, 0.3) is 0 Å². The number of hydrogen-bond acceptors (Lipinski definition) is 5. The molecule has 0 unspecified atom stereocenters. The smallest absolute Gasteiger partial charge is 0.232 e. The first-order valence-electron chi connectivity index (χ1n) is 4.03. The number of rotatable bonds is 4. The molecule has 2 N–H and O–H groups in total. The van der Waals surface area contributed by atoms with Gasteiger partial charge in [-0.25, -0.2) is 13.4 Å². The molecule has 1 heterocycles. The lowest BCUT2D eigenvalue weighted by Gasteiger charge is -2.06. The summed E-state index contributed by atoms with van der Waals surface area (Å²) < 4.78 is 27.6. The van der Waals surface area contributed by atoms with Gasteiger partial charge in [-0.3, -0.25) is 0 Å². The third kappa shape index (κ3) is 2.68. The van der Waals surface area contributed by atoms with Crippen LogP contribution in [0.25, 0.3) is 0 Å². The van der Waals surface area contributed by atoms with Crippen LogP contribution in [0.15, 0.2) is 23.2 Å². The van der Waals surface area contributed by atoms with Gasteiger partial charge in [-0.05, 0) is 12.1 Å². The molecule has 0 fully saturated rings. The summed E-state index contributed by atoms with van der Waals surface area (Å²) in [7, 11) is -3.29. The highest BCUT2D eigenvalue weighted by Gasteiger charge is 2.14. The predicted molar refractivity (Wildman–Crippen MR) is 51.9 cm³/mol. The van der Waals surface area contributed by atoms with Gasteiger partial charge >= 0.3 is 0 Å². The lowest BCUT2D eigenvalue weighted by atomic mass is 10.5. The Bertz CT molecular complexity index is 403. The molecule has 78 valence electrons. The predicted octanol–water partition coefficient (Wildman–Crippen LogP) is -0.177. The summed E-state index contributed by atoms with van der Waals surface area (Å²) >= 11 is 0. The van der Waals surface area contributed by atoms with Gasteiger partial charge < -0.3 is 10.5 Å². The van der Waals surface area contributed by atoms with Crippen molar-refractivity contribution < 1.29 is 13.2 Å². The Labute approximate surface area is 82.8 Å². The van der Waals surface area contributed by atoms with Crippen molar-refractivity contribution in [1.29, 1.82) is 0 Å². The van der Waals surface area contributed by atoms with Crippen LogP contribution in [0, 0.1) is 0 Å². The van der Waals surface area contributed by atoms with Crippen molar-refractivity contribution >= 4 is 9.84 Å². The minimum atomic E-state index is -3.29. The van der Waals surface area contributed by atoms with Crippen molar-refractivity contribution in [2.45, 2.75) is 4.90 Å². The zero-order chi connectivity index (χ0) is 10.6. The van der Waals surface area contributed by atoms with E-state index in [0.717, 1.165) is 6.26 Å². The molecule has 0 amide bonds. The van der Waals surface area contributed by atoms with Crippen LogP contribution in [0.2, 0.25) is 0 Å². The molecule has 0 saturated heterocycles. The fraction of sp³-hybridized carbons (Fsp3) is 0.375. The maximum absolute atomic E-state index is 11.3. The van der Waals surface area contributed by atoms with E-state index in [4.69, 9.17) is 10.5 Å². The zero-order valence-corrected chi connectivity index (χ0v) is 8.62. The average molecular weight is 216 g/mol. The number of hydrogen-bond donors (Lipinski definition) is 1. The van der Waals surface area contributed by atoms with Gasteiger partial charge in [-0.2, -0.15) is 0 Å². The van der Waals surface area contributed by atoms with E-state index < -0.39 is 9.84 Å². The summed E-state index contributed by atoms with van der Waals surface area (Å²) in [6.45, 7) is 0.569. The van der Waals surface area contributed by atoms with Gasteiger partial charge in [0.2, 0.25) is 5.88 Å². The molecule has 1 rings (SSSR count). The molecule has 0 aliphatic carbocycles. The fourth-order valence-corrected chi connectivity index (χ4v) is 1.68. The van der Waals surface area contributed by atoms with Crippen LogP contribution in [0.3, 0.4) is 0 Å². The molecule has 1 aromatic rings. The number of pyridine rings is 1. The summed E-state index contributed by atoms with van der Waals surface area (Å²) in [5.74, 6) is 0.112. The van der Waals surface area contributed by atoms with Gasteiger partial charge in [-0.15, -0.1) is 0 Å². The third-order valence-corrected chi connectivity index (χ3v) is 2.60. The van der Waals surface area contributed by atoms with Crippen LogP contribution >= 0.6 is 0 Å². The van der Waals surface area contributed by atoms with E-state index >= 15 is 0 Å². The minimum absolute atomic E-state index is 0.0912. The number of ether oxygens (including phenoxy) is 1. The number of sulfone groups is 1. The highest BCUT2D eigenvalue weighted by atomic mass is 32.2. The molecular formula is C8H12N2O3S. The summed E-state index contributed by atoms with van der Waals surface area (Å²) in [4.78, 5) is 3.92. The number of nitrogens with two attached hydrogens (primary N) is 1. The molecule has 0 aliphatic heterocycles. The van der Waals surface area contributed by atoms with Crippen LogP contribution in [-0.4, -0.2) is 32.8 Å². The van der Waals surface area contributed by atoms with Crippen LogP contribution < -0.4 is 10.5 Å². The zero-order valence-electron chi connectivity index (χ0n) is 7.80. The van der Waals surface area contributed by atoms with Gasteiger partial charge in [0, 0.05) is 19.0 Å². The van der Waals surface area contributed by atoms with Crippen LogP contribution in [0.5, 0.6) is 5.88 Å². The van der Waals surface area contributed by atoms with Crippen molar-refractivity contribution in [2.24, 2.45) is 5.73 Å². The van der Waals surface area contributed by atoms with Gasteiger partial charge in [0.1, 0.15) is 11.5 Å². The Morgan fingerprint density at radius 1 is 1.57 bits per heavy atom. The molecule has 6 heteroatoms. The molecule has 0 saturated carbocycles. The molecule has 0 spiro atoms. The van der Waals surface area contributed by atoms with Crippen molar-refractivity contribution in [3.63, 3.8) is 0 Å². The molecule has 0 radical (unpaired) electrons. The Morgan fingerprint density at radius 2 is 2.29 bits per heavy atom. The first kappa shape index (κ1) is 10.9. The SMILES string of the molecule is CS(=O)(=O)c1cccnc1OCCN.